The Balaban J connectivity index is -0.0000000376. The summed E-state index contributed by atoms with van der Waals surface area (Å²) in [6, 6.07) is 0. The van der Waals surface area contributed by atoms with Crippen molar-refractivity contribution >= 4 is 23.9 Å². The van der Waals surface area contributed by atoms with Crippen LogP contribution >= 0.6 is 0 Å². The van der Waals surface area contributed by atoms with Gasteiger partial charge < -0.3 is 19.6 Å². The molecule has 0 heterocycles. The van der Waals surface area contributed by atoms with Crippen LogP contribution in [-0.2, 0) is 79.6 Å². The summed E-state index contributed by atoms with van der Waals surface area (Å²) in [6.45, 7) is 4.44. The Hall–Kier alpha value is -0.955. The van der Waals surface area contributed by atoms with Gasteiger partial charge >= 0.3 is 23.9 Å². The molecule has 0 aromatic heterocycles. The van der Waals surface area contributed by atoms with Crippen LogP contribution in [0.1, 0.15) is 27.7 Å². The van der Waals surface area contributed by atoms with Crippen LogP contribution in [0.2, 0.25) is 0 Å². The Morgan fingerprint density at radius 2 is 0.545 bits per heavy atom. The third-order valence-corrected chi connectivity index (χ3v) is 0.514. The molecule has 0 unspecified atom stereocenters. The summed E-state index contributed by atoms with van der Waals surface area (Å²) in [5.74, 6) is -2.76. The van der Waals surface area contributed by atoms with Crippen molar-refractivity contribution in [1.82, 2.24) is 0 Å². The van der Waals surface area contributed by atoms with E-state index in [-0.39, 0.29) is 40.8 Å². The maximum Gasteiger partial charge on any atom is 0.339 e. The molecule has 0 rings (SSSR count). The van der Waals surface area contributed by atoms with Crippen LogP contribution in [0.3, 0.4) is 0 Å². The molecular weight excluding hydrogens is 501 g/mol. The van der Waals surface area contributed by atoms with Gasteiger partial charge in [0.25, 0.3) is 0 Å². The molecule has 0 saturated carbocycles. The normalized spacial score (nSPS) is 6.18. The van der Waals surface area contributed by atoms with Gasteiger partial charge in [-0.1, -0.05) is 0 Å². The Morgan fingerprint density at radius 1 is 0.500 bits per heavy atom. The van der Waals surface area contributed by atoms with E-state index >= 15 is 0 Å². The minimum absolute atomic E-state index is 0. The number of hydrogen-bond acceptors (Lipinski definition) is 12. The van der Waals surface area contributed by atoms with E-state index in [0.29, 0.717) is 0 Å². The molecule has 0 bridgehead atoms. The number of hydrogen-bond donors (Lipinski definition) is 4. The van der Waals surface area contributed by atoms with Crippen molar-refractivity contribution in [3.63, 3.8) is 0 Å². The van der Waals surface area contributed by atoms with Gasteiger partial charge in [0.2, 0.25) is 0 Å². The van der Waals surface area contributed by atoms with E-state index in [1.807, 2.05) is 0 Å². The quantitative estimate of drug-likeness (QED) is 0.147. The minimum Gasteiger partial charge on any atom is -0.301 e. The summed E-state index contributed by atoms with van der Waals surface area (Å²) in [4.78, 5) is 49.8. The molecule has 0 fully saturated rings. The molecule has 12 nitrogen and oxygen atoms in total. The topological polar surface area (TPSA) is 186 Å². The first kappa shape index (κ1) is 37.4. The summed E-state index contributed by atoms with van der Waals surface area (Å²) in [5.41, 5.74) is 0. The van der Waals surface area contributed by atoms with Crippen LogP contribution in [0.4, 0.5) is 0 Å². The van der Waals surface area contributed by atoms with Crippen molar-refractivity contribution in [2.24, 2.45) is 0 Å². The maximum atomic E-state index is 9.34. The van der Waals surface area contributed by atoms with Gasteiger partial charge in [0.05, 0.1) is 0 Å². The third kappa shape index (κ3) is 125. The van der Waals surface area contributed by atoms with E-state index in [0.717, 1.165) is 27.7 Å². The monoisotopic (exact) mass is 516 g/mol. The minimum atomic E-state index is -0.690. The summed E-state index contributed by atoms with van der Waals surface area (Å²) >= 11 is 0. The van der Waals surface area contributed by atoms with Gasteiger partial charge in [-0.25, -0.2) is 19.2 Å². The third-order valence-electron chi connectivity index (χ3n) is 0.514. The molecule has 0 aliphatic rings. The van der Waals surface area contributed by atoms with Crippen molar-refractivity contribution in [1.29, 1.82) is 0 Å². The predicted octanol–water partition coefficient (Wildman–Crippen LogP) is 0.0850. The van der Waals surface area contributed by atoms with Gasteiger partial charge in [0.1, 0.15) is 0 Å². The van der Waals surface area contributed by atoms with Crippen LogP contribution in [0.15, 0.2) is 0 Å². The molecule has 0 aliphatic heterocycles. The van der Waals surface area contributed by atoms with Crippen LogP contribution in [-0.4, -0.2) is 44.9 Å². The standard InChI is InChI=1S/4C2H4O3.2Pd/c4*1-2(3)5-4;;/h4*4H,1H3;;. The van der Waals surface area contributed by atoms with Crippen molar-refractivity contribution in [2.75, 3.05) is 0 Å². The Labute approximate surface area is 152 Å². The molecule has 0 aliphatic carbocycles. The maximum absolute atomic E-state index is 9.34. The van der Waals surface area contributed by atoms with E-state index in [4.69, 9.17) is 21.0 Å². The molecule has 14 heteroatoms. The molecule has 0 spiro atoms. The Morgan fingerprint density at radius 3 is 0.545 bits per heavy atom. The van der Waals surface area contributed by atoms with Crippen LogP contribution in [0.25, 0.3) is 0 Å². The SMILES string of the molecule is CC(=O)OO.CC(=O)OO.CC(=O)OO.CC(=O)OO.[Pd].[Pd]. The van der Waals surface area contributed by atoms with E-state index in [9.17, 15) is 19.2 Å². The zero-order valence-corrected chi connectivity index (χ0v) is 14.8. The van der Waals surface area contributed by atoms with Gasteiger partial charge in [0, 0.05) is 68.5 Å². The Kier molecular flexibility index (Phi) is 54.5. The van der Waals surface area contributed by atoms with Crippen molar-refractivity contribution < 1.29 is 101 Å². The average molecular weight is 517 g/mol. The summed E-state index contributed by atoms with van der Waals surface area (Å²) in [6.07, 6.45) is 0. The largest absolute Gasteiger partial charge is 0.339 e. The zero-order valence-electron chi connectivity index (χ0n) is 11.7. The second kappa shape index (κ2) is 32.1. The van der Waals surface area contributed by atoms with Gasteiger partial charge in [-0.3, -0.25) is 0 Å². The molecule has 0 atom stereocenters. The Bertz CT molecular complexity index is 226. The smallest absolute Gasteiger partial charge is 0.301 e. The van der Waals surface area contributed by atoms with E-state index in [2.05, 4.69) is 19.6 Å². The van der Waals surface area contributed by atoms with Crippen LogP contribution in [0, 0.1) is 0 Å². The first-order valence-corrected chi connectivity index (χ1v) is 4.36. The second-order valence-electron chi connectivity index (χ2n) is 2.33. The molecular formula is C8H16O12Pd2. The fourth-order valence-corrected chi connectivity index (χ4v) is 0. The molecule has 4 N–H and O–H groups in total. The first-order valence-electron chi connectivity index (χ1n) is 4.36. The summed E-state index contributed by atoms with van der Waals surface area (Å²) in [5, 5.41) is 29.2. The molecule has 0 aromatic carbocycles. The van der Waals surface area contributed by atoms with Crippen LogP contribution < -0.4 is 0 Å². The number of carbonyl (C=O) groups excluding carboxylic acids is 4. The number of carbonyl (C=O) groups is 4. The molecule has 0 aromatic rings. The molecule has 0 radical (unpaired) electrons. The van der Waals surface area contributed by atoms with Gasteiger partial charge in [0.15, 0.2) is 0 Å². The predicted molar refractivity (Wildman–Crippen MR) is 57.6 cm³/mol. The van der Waals surface area contributed by atoms with Gasteiger partial charge in [-0.2, -0.15) is 21.0 Å². The van der Waals surface area contributed by atoms with Crippen molar-refractivity contribution in [3.05, 3.63) is 0 Å². The van der Waals surface area contributed by atoms with E-state index in [1.54, 1.807) is 0 Å². The fourth-order valence-electron chi connectivity index (χ4n) is 0. The van der Waals surface area contributed by atoms with Gasteiger partial charge in [-0.15, -0.1) is 0 Å². The molecule has 0 saturated heterocycles. The average Bonchev–Trinajstić information content (AvgIpc) is 2.40. The fraction of sp³-hybridized carbons (Fsp3) is 0.500. The molecule has 22 heavy (non-hydrogen) atoms. The van der Waals surface area contributed by atoms with E-state index < -0.39 is 23.9 Å². The number of rotatable bonds is 0. The molecule has 140 valence electrons. The van der Waals surface area contributed by atoms with Crippen LogP contribution in [0.5, 0.6) is 0 Å². The van der Waals surface area contributed by atoms with Crippen molar-refractivity contribution in [2.45, 2.75) is 27.7 Å². The summed E-state index contributed by atoms with van der Waals surface area (Å²) in [7, 11) is 0. The second-order valence-corrected chi connectivity index (χ2v) is 2.33. The van der Waals surface area contributed by atoms with Gasteiger partial charge in [-0.05, 0) is 0 Å². The molecule has 0 amide bonds. The van der Waals surface area contributed by atoms with Crippen molar-refractivity contribution in [3.8, 4) is 0 Å². The first-order chi connectivity index (χ1) is 9.08. The van der Waals surface area contributed by atoms with E-state index in [1.165, 1.54) is 0 Å². The zero-order chi connectivity index (χ0) is 17.1. The summed E-state index contributed by atoms with van der Waals surface area (Å²) < 4.78 is 0.